The smallest absolute Gasteiger partial charge is 0.321 e. The number of aromatic nitrogens is 1. The maximum absolute atomic E-state index is 13.5. The molecule has 5 nitrogen and oxygen atoms in total. The number of fused-ring (bicyclic) bond motifs is 1. The highest BCUT2D eigenvalue weighted by Crippen LogP contribution is 2.25. The lowest BCUT2D eigenvalue weighted by Crippen LogP contribution is -2.34. The minimum atomic E-state index is -0.418. The van der Waals surface area contributed by atoms with E-state index in [0.29, 0.717) is 6.54 Å². The van der Waals surface area contributed by atoms with Crippen molar-refractivity contribution in [1.82, 2.24) is 9.88 Å². The molecule has 0 fully saturated rings. The first-order valence-corrected chi connectivity index (χ1v) is 8.30. The Bertz CT molecular complexity index is 930. The fourth-order valence-corrected chi connectivity index (χ4v) is 2.57. The Morgan fingerprint density at radius 1 is 1.19 bits per heavy atom. The van der Waals surface area contributed by atoms with E-state index in [9.17, 15) is 9.18 Å². The van der Waals surface area contributed by atoms with Gasteiger partial charge < -0.3 is 15.0 Å². The molecule has 26 heavy (non-hydrogen) atoms. The lowest BCUT2D eigenvalue weighted by Gasteiger charge is -2.20. The predicted molar refractivity (Wildman–Crippen MR) is 100 cm³/mol. The molecule has 2 aromatic carbocycles. The molecule has 0 bridgehead atoms. The number of amides is 2. The van der Waals surface area contributed by atoms with Gasteiger partial charge in [0.2, 0.25) is 0 Å². The van der Waals surface area contributed by atoms with Crippen LogP contribution >= 0.6 is 0 Å². The third-order valence-electron chi connectivity index (χ3n) is 4.06. The Kier molecular flexibility index (Phi) is 5.31. The molecule has 0 aliphatic rings. The number of carbonyl (C=O) groups excluding carboxylic acids is 1. The Hall–Kier alpha value is -3.15. The van der Waals surface area contributed by atoms with Gasteiger partial charge in [0.15, 0.2) is 11.6 Å². The average molecular weight is 353 g/mol. The molecule has 2 amide bonds. The summed E-state index contributed by atoms with van der Waals surface area (Å²) in [7, 11) is 1.67. The molecule has 0 radical (unpaired) electrons. The summed E-state index contributed by atoms with van der Waals surface area (Å²) in [6, 6.07) is 13.6. The summed E-state index contributed by atoms with van der Waals surface area (Å²) in [5, 5.41) is 3.82. The number of ether oxygens (including phenoxy) is 1. The number of hydrogen-bond acceptors (Lipinski definition) is 3. The number of likely N-dealkylation sites (N-methyl/N-ethyl adjacent to an activating group) is 1. The van der Waals surface area contributed by atoms with Crippen LogP contribution in [0.1, 0.15) is 5.56 Å². The number of nitrogens with zero attached hydrogens (tertiary/aromatic N) is 2. The zero-order valence-corrected chi connectivity index (χ0v) is 14.7. The van der Waals surface area contributed by atoms with Crippen molar-refractivity contribution < 1.29 is 13.9 Å². The van der Waals surface area contributed by atoms with Crippen molar-refractivity contribution in [3.63, 3.8) is 0 Å². The molecule has 0 atom stereocenters. The predicted octanol–water partition coefficient (Wildman–Crippen LogP) is 4.23. The van der Waals surface area contributed by atoms with Crippen LogP contribution in [-0.2, 0) is 0 Å². The fourth-order valence-electron chi connectivity index (χ4n) is 2.57. The third-order valence-corrected chi connectivity index (χ3v) is 4.06. The van der Waals surface area contributed by atoms with E-state index < -0.39 is 5.82 Å². The van der Waals surface area contributed by atoms with Gasteiger partial charge >= 0.3 is 6.03 Å². The summed E-state index contributed by atoms with van der Waals surface area (Å²) >= 11 is 0. The normalized spacial score (nSPS) is 10.6. The molecule has 1 aromatic heterocycles. The number of halogens is 1. The minimum Gasteiger partial charge on any atom is -0.489 e. The highest BCUT2D eigenvalue weighted by Gasteiger charge is 2.13. The van der Waals surface area contributed by atoms with Crippen LogP contribution in [-0.4, -0.2) is 36.1 Å². The van der Waals surface area contributed by atoms with Crippen LogP contribution < -0.4 is 10.1 Å². The number of nitrogens with one attached hydrogen (secondary N) is 1. The number of aryl methyl sites for hydroxylation is 1. The van der Waals surface area contributed by atoms with Gasteiger partial charge in [-0.25, -0.2) is 9.18 Å². The molecule has 0 saturated heterocycles. The first-order valence-electron chi connectivity index (χ1n) is 8.30. The Morgan fingerprint density at radius 3 is 2.73 bits per heavy atom. The molecule has 0 saturated carbocycles. The van der Waals surface area contributed by atoms with Crippen molar-refractivity contribution in [2.75, 3.05) is 25.5 Å². The summed E-state index contributed by atoms with van der Waals surface area (Å²) < 4.78 is 18.9. The van der Waals surface area contributed by atoms with E-state index >= 15 is 0 Å². The summed E-state index contributed by atoms with van der Waals surface area (Å²) in [5.41, 5.74) is 2.44. The first kappa shape index (κ1) is 17.7. The number of hydrogen-bond donors (Lipinski definition) is 1. The van der Waals surface area contributed by atoms with Crippen molar-refractivity contribution in [2.45, 2.75) is 6.92 Å². The minimum absolute atomic E-state index is 0.178. The van der Waals surface area contributed by atoms with Crippen LogP contribution in [0.2, 0.25) is 0 Å². The van der Waals surface area contributed by atoms with Crippen molar-refractivity contribution in [3.05, 3.63) is 66.1 Å². The number of benzene rings is 2. The van der Waals surface area contributed by atoms with E-state index in [1.165, 1.54) is 11.0 Å². The molecular formula is C20H20FN3O2. The zero-order chi connectivity index (χ0) is 18.5. The summed E-state index contributed by atoms with van der Waals surface area (Å²) in [5.74, 6) is -0.240. The number of anilines is 1. The van der Waals surface area contributed by atoms with Crippen LogP contribution in [0.4, 0.5) is 14.9 Å². The van der Waals surface area contributed by atoms with Gasteiger partial charge in [-0.15, -0.1) is 0 Å². The number of urea groups is 1. The average Bonchev–Trinajstić information content (AvgIpc) is 2.65. The number of rotatable bonds is 5. The highest BCUT2D eigenvalue weighted by atomic mass is 19.1. The van der Waals surface area contributed by atoms with E-state index in [1.54, 1.807) is 31.4 Å². The van der Waals surface area contributed by atoms with Crippen molar-refractivity contribution in [3.8, 4) is 5.75 Å². The monoisotopic (exact) mass is 353 g/mol. The van der Waals surface area contributed by atoms with E-state index in [1.807, 2.05) is 31.2 Å². The van der Waals surface area contributed by atoms with Crippen LogP contribution in [0.25, 0.3) is 10.9 Å². The van der Waals surface area contributed by atoms with Gasteiger partial charge in [-0.3, -0.25) is 4.98 Å². The van der Waals surface area contributed by atoms with Crippen LogP contribution in [0.5, 0.6) is 5.75 Å². The lowest BCUT2D eigenvalue weighted by atomic mass is 10.1. The Morgan fingerprint density at radius 2 is 1.92 bits per heavy atom. The largest absolute Gasteiger partial charge is 0.489 e. The van der Waals surface area contributed by atoms with Gasteiger partial charge in [0.25, 0.3) is 0 Å². The number of pyridine rings is 1. The SMILES string of the molecule is Cc1cnc2ccccc2c1NC(=O)N(C)CCOc1ccccc1F. The second-order valence-corrected chi connectivity index (χ2v) is 5.96. The van der Waals surface area contributed by atoms with E-state index in [2.05, 4.69) is 10.3 Å². The summed E-state index contributed by atoms with van der Waals surface area (Å²) in [4.78, 5) is 18.3. The lowest BCUT2D eigenvalue weighted by molar-refractivity contribution is 0.206. The Labute approximate surface area is 151 Å². The van der Waals surface area contributed by atoms with Crippen LogP contribution in [0, 0.1) is 12.7 Å². The maximum atomic E-state index is 13.5. The van der Waals surface area contributed by atoms with Crippen molar-refractivity contribution in [1.29, 1.82) is 0 Å². The molecule has 6 heteroatoms. The molecule has 134 valence electrons. The quantitative estimate of drug-likeness (QED) is 0.747. The van der Waals surface area contributed by atoms with Gasteiger partial charge in [-0.2, -0.15) is 0 Å². The fraction of sp³-hybridized carbons (Fsp3) is 0.200. The van der Waals surface area contributed by atoms with Crippen LogP contribution in [0.15, 0.2) is 54.7 Å². The topological polar surface area (TPSA) is 54.5 Å². The summed E-state index contributed by atoms with van der Waals surface area (Å²) in [6.07, 6.45) is 1.74. The van der Waals surface area contributed by atoms with Crippen molar-refractivity contribution in [2.24, 2.45) is 0 Å². The molecule has 3 aromatic rings. The summed E-state index contributed by atoms with van der Waals surface area (Å²) in [6.45, 7) is 2.42. The molecular weight excluding hydrogens is 333 g/mol. The highest BCUT2D eigenvalue weighted by molar-refractivity contribution is 6.01. The molecule has 1 N–H and O–H groups in total. The molecule has 3 rings (SSSR count). The van der Waals surface area contributed by atoms with Gasteiger partial charge in [0, 0.05) is 18.6 Å². The molecule has 0 aliphatic heterocycles. The molecule has 0 unspecified atom stereocenters. The van der Waals surface area contributed by atoms with Crippen LogP contribution in [0.3, 0.4) is 0 Å². The van der Waals surface area contributed by atoms with Gasteiger partial charge in [0.05, 0.1) is 17.7 Å². The zero-order valence-electron chi connectivity index (χ0n) is 14.7. The second-order valence-electron chi connectivity index (χ2n) is 5.96. The maximum Gasteiger partial charge on any atom is 0.321 e. The molecule has 0 spiro atoms. The first-order chi connectivity index (χ1) is 12.6. The van der Waals surface area contributed by atoms with Gasteiger partial charge in [0.1, 0.15) is 6.61 Å². The van der Waals surface area contributed by atoms with E-state index in [4.69, 9.17) is 4.74 Å². The van der Waals surface area contributed by atoms with E-state index in [-0.39, 0.29) is 18.4 Å². The number of carbonyl (C=O) groups is 1. The van der Waals surface area contributed by atoms with Gasteiger partial charge in [-0.05, 0) is 30.7 Å². The third kappa shape index (κ3) is 3.91. The second kappa shape index (κ2) is 7.82. The standard InChI is InChI=1S/C20H20FN3O2/c1-14-13-22-17-9-5-3-7-15(17)19(14)23-20(25)24(2)11-12-26-18-10-6-4-8-16(18)21/h3-10,13H,11-12H2,1-2H3,(H,22,23,25). The molecule has 1 heterocycles. The van der Waals surface area contributed by atoms with Crippen molar-refractivity contribution >= 4 is 22.6 Å². The number of para-hydroxylation sites is 2. The van der Waals surface area contributed by atoms with E-state index in [0.717, 1.165) is 22.2 Å². The Balaban J connectivity index is 1.63. The van der Waals surface area contributed by atoms with Gasteiger partial charge in [-0.1, -0.05) is 30.3 Å². The molecule has 0 aliphatic carbocycles.